The van der Waals surface area contributed by atoms with Crippen molar-refractivity contribution in [1.29, 1.82) is 0 Å². The summed E-state index contributed by atoms with van der Waals surface area (Å²) in [5, 5.41) is 3.74. The van der Waals surface area contributed by atoms with Crippen LogP contribution in [0.5, 0.6) is 0 Å². The van der Waals surface area contributed by atoms with Gasteiger partial charge in [0, 0.05) is 12.2 Å². The molecule has 19 heavy (non-hydrogen) atoms. The van der Waals surface area contributed by atoms with Crippen LogP contribution in [-0.4, -0.2) is 6.54 Å². The van der Waals surface area contributed by atoms with E-state index in [-0.39, 0.29) is 0 Å². The van der Waals surface area contributed by atoms with Gasteiger partial charge in [-0.25, -0.2) is 0 Å². The minimum absolute atomic E-state index is 0.637. The fourth-order valence-corrected chi connectivity index (χ4v) is 5.55. The first kappa shape index (κ1) is 11.8. The molecule has 102 valence electrons. The van der Waals surface area contributed by atoms with Crippen LogP contribution in [-0.2, 0) is 0 Å². The van der Waals surface area contributed by atoms with Gasteiger partial charge in [0.05, 0.1) is 0 Å². The standard InChI is InChI=1S/C18H25N/c1-13-3-2-4-17(5-13)19-12-18-9-14-6-15(10-18)8-16(7-14)11-18/h2-5,14-16,19H,6-12H2,1H3. The average Bonchev–Trinajstić information content (AvgIpc) is 2.35. The van der Waals surface area contributed by atoms with Crippen molar-refractivity contribution in [3.8, 4) is 0 Å². The molecule has 1 N–H and O–H groups in total. The first-order valence-corrected chi connectivity index (χ1v) is 8.01. The second kappa shape index (κ2) is 4.26. The lowest BCUT2D eigenvalue weighted by Gasteiger charge is -2.57. The van der Waals surface area contributed by atoms with Crippen molar-refractivity contribution >= 4 is 5.69 Å². The van der Waals surface area contributed by atoms with Gasteiger partial charge in [0.15, 0.2) is 0 Å². The maximum Gasteiger partial charge on any atom is 0.0342 e. The van der Waals surface area contributed by atoms with Crippen LogP contribution >= 0.6 is 0 Å². The van der Waals surface area contributed by atoms with Crippen LogP contribution in [0, 0.1) is 30.1 Å². The highest BCUT2D eigenvalue weighted by Gasteiger charge is 2.50. The largest absolute Gasteiger partial charge is 0.384 e. The van der Waals surface area contributed by atoms with Gasteiger partial charge in [-0.15, -0.1) is 0 Å². The third-order valence-corrected chi connectivity index (χ3v) is 5.85. The topological polar surface area (TPSA) is 12.0 Å². The fraction of sp³-hybridized carbons (Fsp3) is 0.667. The molecule has 4 fully saturated rings. The van der Waals surface area contributed by atoms with Crippen molar-refractivity contribution in [2.24, 2.45) is 23.2 Å². The zero-order valence-corrected chi connectivity index (χ0v) is 12.0. The van der Waals surface area contributed by atoms with Crippen molar-refractivity contribution in [1.82, 2.24) is 0 Å². The summed E-state index contributed by atoms with van der Waals surface area (Å²) in [6, 6.07) is 8.83. The van der Waals surface area contributed by atoms with Gasteiger partial charge in [0.1, 0.15) is 0 Å². The number of nitrogens with one attached hydrogen (secondary N) is 1. The van der Waals surface area contributed by atoms with Gasteiger partial charge < -0.3 is 5.32 Å². The molecule has 5 rings (SSSR count). The van der Waals surface area contributed by atoms with Gasteiger partial charge in [-0.1, -0.05) is 12.1 Å². The van der Waals surface area contributed by atoms with Crippen molar-refractivity contribution < 1.29 is 0 Å². The molecule has 4 aliphatic carbocycles. The average molecular weight is 255 g/mol. The minimum Gasteiger partial charge on any atom is -0.384 e. The van der Waals surface area contributed by atoms with Crippen LogP contribution in [0.2, 0.25) is 0 Å². The molecule has 1 aromatic carbocycles. The van der Waals surface area contributed by atoms with E-state index in [2.05, 4.69) is 36.5 Å². The van der Waals surface area contributed by atoms with E-state index in [1.54, 1.807) is 19.3 Å². The van der Waals surface area contributed by atoms with Gasteiger partial charge in [-0.05, 0) is 86.3 Å². The number of rotatable bonds is 3. The Morgan fingerprint density at radius 2 is 1.68 bits per heavy atom. The normalized spacial score (nSPS) is 39.5. The summed E-state index contributed by atoms with van der Waals surface area (Å²) >= 11 is 0. The molecule has 0 amide bonds. The first-order valence-electron chi connectivity index (χ1n) is 8.01. The third kappa shape index (κ3) is 2.17. The Morgan fingerprint density at radius 3 is 2.26 bits per heavy atom. The quantitative estimate of drug-likeness (QED) is 0.830. The molecule has 4 aliphatic rings. The van der Waals surface area contributed by atoms with Crippen molar-refractivity contribution in [2.45, 2.75) is 45.4 Å². The van der Waals surface area contributed by atoms with Crippen LogP contribution in [0.1, 0.15) is 44.1 Å². The second-order valence-corrected chi connectivity index (χ2v) is 7.64. The highest BCUT2D eigenvalue weighted by atomic mass is 14.9. The van der Waals surface area contributed by atoms with E-state index in [0.717, 1.165) is 17.8 Å². The van der Waals surface area contributed by atoms with Crippen molar-refractivity contribution in [3.63, 3.8) is 0 Å². The molecule has 0 aromatic heterocycles. The maximum atomic E-state index is 3.74. The Morgan fingerprint density at radius 1 is 1.05 bits per heavy atom. The van der Waals surface area contributed by atoms with Crippen LogP contribution in [0.15, 0.2) is 24.3 Å². The molecule has 0 unspecified atom stereocenters. The molecular formula is C18H25N. The van der Waals surface area contributed by atoms with Gasteiger partial charge in [-0.3, -0.25) is 0 Å². The summed E-state index contributed by atoms with van der Waals surface area (Å²) in [7, 11) is 0. The summed E-state index contributed by atoms with van der Waals surface area (Å²) in [6.07, 6.45) is 9.13. The van der Waals surface area contributed by atoms with E-state index in [1.165, 1.54) is 37.1 Å². The molecule has 4 bridgehead atoms. The van der Waals surface area contributed by atoms with Gasteiger partial charge in [-0.2, -0.15) is 0 Å². The van der Waals surface area contributed by atoms with Crippen molar-refractivity contribution in [2.75, 3.05) is 11.9 Å². The smallest absolute Gasteiger partial charge is 0.0342 e. The Labute approximate surface area is 116 Å². The van der Waals surface area contributed by atoms with Gasteiger partial charge in [0.25, 0.3) is 0 Å². The second-order valence-electron chi connectivity index (χ2n) is 7.64. The molecule has 1 heteroatoms. The van der Waals surface area contributed by atoms with E-state index in [4.69, 9.17) is 0 Å². The Kier molecular flexibility index (Phi) is 2.65. The summed E-state index contributed by atoms with van der Waals surface area (Å²) in [4.78, 5) is 0. The molecule has 4 saturated carbocycles. The Balaban J connectivity index is 1.48. The predicted molar refractivity (Wildman–Crippen MR) is 80.3 cm³/mol. The lowest BCUT2D eigenvalue weighted by Crippen LogP contribution is -2.49. The van der Waals surface area contributed by atoms with Crippen LogP contribution in [0.4, 0.5) is 5.69 Å². The molecule has 1 nitrogen and oxygen atoms in total. The zero-order chi connectivity index (χ0) is 12.9. The molecule has 0 heterocycles. The molecule has 0 spiro atoms. The minimum atomic E-state index is 0.637. The number of hydrogen-bond acceptors (Lipinski definition) is 1. The summed E-state index contributed by atoms with van der Waals surface area (Å²) < 4.78 is 0. The fourth-order valence-electron chi connectivity index (χ4n) is 5.55. The Bertz CT molecular complexity index is 441. The maximum absolute atomic E-state index is 3.74. The van der Waals surface area contributed by atoms with Crippen molar-refractivity contribution in [3.05, 3.63) is 29.8 Å². The lowest BCUT2D eigenvalue weighted by molar-refractivity contribution is -0.0444. The zero-order valence-electron chi connectivity index (χ0n) is 12.0. The number of anilines is 1. The molecular weight excluding hydrogens is 230 g/mol. The molecule has 0 aliphatic heterocycles. The SMILES string of the molecule is Cc1cccc(NCC23CC4CC(CC(C4)C2)C3)c1. The first-order chi connectivity index (χ1) is 9.21. The van der Waals surface area contributed by atoms with E-state index >= 15 is 0 Å². The molecule has 1 aromatic rings. The number of hydrogen-bond donors (Lipinski definition) is 1. The Hall–Kier alpha value is -0.980. The van der Waals surface area contributed by atoms with Gasteiger partial charge >= 0.3 is 0 Å². The highest BCUT2D eigenvalue weighted by Crippen LogP contribution is 2.59. The molecule has 0 radical (unpaired) electrons. The lowest BCUT2D eigenvalue weighted by atomic mass is 9.49. The third-order valence-electron chi connectivity index (χ3n) is 5.85. The van der Waals surface area contributed by atoms with E-state index in [9.17, 15) is 0 Å². The monoisotopic (exact) mass is 255 g/mol. The van der Waals surface area contributed by atoms with Gasteiger partial charge in [0.2, 0.25) is 0 Å². The number of aryl methyl sites for hydroxylation is 1. The van der Waals surface area contributed by atoms with E-state index in [1.807, 2.05) is 0 Å². The summed E-state index contributed by atoms with van der Waals surface area (Å²) in [6.45, 7) is 3.38. The molecule has 0 saturated heterocycles. The number of benzene rings is 1. The highest BCUT2D eigenvalue weighted by molar-refractivity contribution is 5.45. The summed E-state index contributed by atoms with van der Waals surface area (Å²) in [5.41, 5.74) is 3.31. The van der Waals surface area contributed by atoms with E-state index in [0.29, 0.717) is 5.41 Å². The van der Waals surface area contributed by atoms with Crippen LogP contribution in [0.25, 0.3) is 0 Å². The van der Waals surface area contributed by atoms with E-state index < -0.39 is 0 Å². The molecule has 0 atom stereocenters. The summed E-state index contributed by atoms with van der Waals surface area (Å²) in [5.74, 6) is 3.18. The van der Waals surface area contributed by atoms with Crippen LogP contribution in [0.3, 0.4) is 0 Å². The van der Waals surface area contributed by atoms with Crippen LogP contribution < -0.4 is 5.32 Å². The predicted octanol–water partition coefficient (Wildman–Crippen LogP) is 4.62.